The van der Waals surface area contributed by atoms with Crippen LogP contribution in [-0.2, 0) is 16.6 Å². The van der Waals surface area contributed by atoms with Crippen molar-refractivity contribution >= 4 is 45.6 Å². The first-order valence-electron chi connectivity index (χ1n) is 7.96. The summed E-state index contributed by atoms with van der Waals surface area (Å²) in [5.41, 5.74) is 9.48. The van der Waals surface area contributed by atoms with E-state index >= 15 is 0 Å². The molecule has 0 radical (unpaired) electrons. The zero-order chi connectivity index (χ0) is 18.6. The topological polar surface area (TPSA) is 111 Å². The van der Waals surface area contributed by atoms with Gasteiger partial charge in [0.1, 0.15) is 0 Å². The Morgan fingerprint density at radius 3 is 2.46 bits per heavy atom. The number of benzene rings is 2. The second kappa shape index (κ2) is 9.33. The summed E-state index contributed by atoms with van der Waals surface area (Å²) in [7, 11) is -3.71. The summed E-state index contributed by atoms with van der Waals surface area (Å²) < 4.78 is 22.9. The monoisotopic (exact) mass is 488 g/mol. The molecule has 6 nitrogen and oxygen atoms in total. The van der Waals surface area contributed by atoms with Crippen molar-refractivity contribution in [3.8, 4) is 0 Å². The second-order valence-corrected chi connectivity index (χ2v) is 7.78. The minimum atomic E-state index is -3.71. The number of nitrogens with one attached hydrogen (secondary N) is 1. The lowest BCUT2D eigenvalue weighted by atomic mass is 10.0. The highest BCUT2D eigenvalue weighted by atomic mass is 127. The molecule has 142 valence electrons. The number of halogens is 1. The highest BCUT2D eigenvalue weighted by molar-refractivity contribution is 14.0. The van der Waals surface area contributed by atoms with E-state index in [9.17, 15) is 8.42 Å². The lowest BCUT2D eigenvalue weighted by Crippen LogP contribution is -2.22. The average Bonchev–Trinajstić information content (AvgIpc) is 2.52. The molecule has 0 spiro atoms. The number of anilines is 1. The Balaban J connectivity index is 0.00000338. The molecule has 0 aromatic heterocycles. The maximum absolute atomic E-state index is 11.4. The fourth-order valence-corrected chi connectivity index (χ4v) is 3.23. The summed E-state index contributed by atoms with van der Waals surface area (Å²) in [4.78, 5) is 4.42. The molecule has 0 fully saturated rings. The number of hydrogen-bond donors (Lipinski definition) is 3. The Labute approximate surface area is 172 Å². The van der Waals surface area contributed by atoms with E-state index in [-0.39, 0.29) is 28.9 Å². The van der Waals surface area contributed by atoms with Crippen molar-refractivity contribution < 1.29 is 8.42 Å². The maximum atomic E-state index is 11.4. The third-order valence-corrected chi connectivity index (χ3v) is 4.87. The fraction of sp³-hybridized carbons (Fsp3) is 0.278. The van der Waals surface area contributed by atoms with Crippen LogP contribution in [0.15, 0.2) is 52.4 Å². The molecule has 0 saturated heterocycles. The van der Waals surface area contributed by atoms with Gasteiger partial charge in [0.05, 0.1) is 11.4 Å². The van der Waals surface area contributed by atoms with Crippen molar-refractivity contribution in [1.29, 1.82) is 0 Å². The Morgan fingerprint density at radius 2 is 1.88 bits per heavy atom. The number of nitrogens with two attached hydrogens (primary N) is 2. The van der Waals surface area contributed by atoms with Crippen LogP contribution in [0, 0.1) is 6.92 Å². The molecule has 5 N–H and O–H groups in total. The Morgan fingerprint density at radius 1 is 1.19 bits per heavy atom. The van der Waals surface area contributed by atoms with Crippen LogP contribution in [0.5, 0.6) is 0 Å². The predicted octanol–water partition coefficient (Wildman–Crippen LogP) is 3.31. The highest BCUT2D eigenvalue weighted by Gasteiger charge is 2.11. The Bertz CT molecular complexity index is 896. The normalized spacial score (nSPS) is 12.0. The molecule has 0 amide bonds. The van der Waals surface area contributed by atoms with Gasteiger partial charge >= 0.3 is 0 Å². The molecule has 26 heavy (non-hydrogen) atoms. The van der Waals surface area contributed by atoms with Gasteiger partial charge in [-0.2, -0.15) is 0 Å². The lowest BCUT2D eigenvalue weighted by Gasteiger charge is -2.10. The first-order chi connectivity index (χ1) is 11.7. The van der Waals surface area contributed by atoms with Crippen molar-refractivity contribution in [2.75, 3.05) is 5.32 Å². The van der Waals surface area contributed by atoms with Crippen LogP contribution in [0.1, 0.15) is 36.5 Å². The zero-order valence-electron chi connectivity index (χ0n) is 15.1. The second-order valence-electron chi connectivity index (χ2n) is 6.25. The third-order valence-electron chi connectivity index (χ3n) is 3.80. The number of guanidine groups is 1. The summed E-state index contributed by atoms with van der Waals surface area (Å²) >= 11 is 0. The quantitative estimate of drug-likeness (QED) is 0.341. The molecule has 8 heteroatoms. The smallest absolute Gasteiger partial charge is 0.238 e. The van der Waals surface area contributed by atoms with Crippen LogP contribution in [0.3, 0.4) is 0 Å². The number of nitrogens with zero attached hydrogens (tertiary/aromatic N) is 1. The average molecular weight is 488 g/mol. The number of hydrogen-bond acceptors (Lipinski definition) is 3. The molecule has 2 aromatic rings. The number of sulfonamides is 1. The first-order valence-corrected chi connectivity index (χ1v) is 9.50. The van der Waals surface area contributed by atoms with Gasteiger partial charge in [-0.05, 0) is 47.7 Å². The van der Waals surface area contributed by atoms with E-state index in [0.717, 1.165) is 11.3 Å². The van der Waals surface area contributed by atoms with E-state index in [1.165, 1.54) is 11.6 Å². The summed E-state index contributed by atoms with van der Waals surface area (Å²) in [5, 5.41) is 8.23. The van der Waals surface area contributed by atoms with Gasteiger partial charge in [-0.15, -0.1) is 24.0 Å². The Kier molecular flexibility index (Phi) is 8.04. The van der Waals surface area contributed by atoms with E-state index in [1.54, 1.807) is 19.1 Å². The summed E-state index contributed by atoms with van der Waals surface area (Å²) in [6, 6.07) is 12.9. The summed E-state index contributed by atoms with van der Waals surface area (Å²) in [5.74, 6) is 0.731. The Hall–Kier alpha value is -1.65. The number of primary sulfonamides is 1. The van der Waals surface area contributed by atoms with Crippen molar-refractivity contribution in [2.24, 2.45) is 15.9 Å². The molecule has 2 rings (SSSR count). The molecular formula is C18H25IN4O2S. The van der Waals surface area contributed by atoms with Gasteiger partial charge in [0.2, 0.25) is 10.0 Å². The van der Waals surface area contributed by atoms with Gasteiger partial charge in [-0.3, -0.25) is 0 Å². The molecule has 0 heterocycles. The molecule has 2 aromatic carbocycles. The molecule has 0 aliphatic rings. The van der Waals surface area contributed by atoms with Crippen molar-refractivity contribution in [3.63, 3.8) is 0 Å². The molecule has 0 unspecified atom stereocenters. The largest absolute Gasteiger partial charge is 0.370 e. The zero-order valence-corrected chi connectivity index (χ0v) is 18.2. The molecule has 0 aliphatic carbocycles. The van der Waals surface area contributed by atoms with Gasteiger partial charge in [-0.25, -0.2) is 18.5 Å². The lowest BCUT2D eigenvalue weighted by molar-refractivity contribution is 0.597. The molecule has 0 aliphatic heterocycles. The predicted molar refractivity (Wildman–Crippen MR) is 117 cm³/mol. The third kappa shape index (κ3) is 6.26. The van der Waals surface area contributed by atoms with Crippen molar-refractivity contribution in [2.45, 2.75) is 38.1 Å². The molecule has 0 saturated carbocycles. The van der Waals surface area contributed by atoms with Crippen molar-refractivity contribution in [3.05, 3.63) is 59.2 Å². The molecular weight excluding hydrogens is 463 g/mol. The SMILES string of the molecule is Cc1cc(CN=C(N)Nc2cccc(C(C)C)c2)ccc1S(N)(=O)=O.I. The minimum absolute atomic E-state index is 0. The maximum Gasteiger partial charge on any atom is 0.238 e. The van der Waals surface area contributed by atoms with Crippen molar-refractivity contribution in [1.82, 2.24) is 0 Å². The van der Waals surface area contributed by atoms with Gasteiger partial charge in [0, 0.05) is 5.69 Å². The highest BCUT2D eigenvalue weighted by Crippen LogP contribution is 2.19. The first kappa shape index (κ1) is 22.4. The summed E-state index contributed by atoms with van der Waals surface area (Å²) in [6.07, 6.45) is 0. The van der Waals surface area contributed by atoms with Crippen LogP contribution < -0.4 is 16.2 Å². The van der Waals surface area contributed by atoms with Gasteiger partial charge in [-0.1, -0.05) is 38.1 Å². The van der Waals surface area contributed by atoms with E-state index in [4.69, 9.17) is 10.9 Å². The number of aliphatic imine (C=N–C) groups is 1. The fourth-order valence-electron chi connectivity index (χ4n) is 2.47. The van der Waals surface area contributed by atoms with E-state index in [0.29, 0.717) is 24.0 Å². The van der Waals surface area contributed by atoms with Gasteiger partial charge < -0.3 is 11.1 Å². The van der Waals surface area contributed by atoms with E-state index in [2.05, 4.69) is 30.2 Å². The van der Waals surface area contributed by atoms with Crippen LogP contribution in [0.4, 0.5) is 5.69 Å². The van der Waals surface area contributed by atoms with Gasteiger partial charge in [0.25, 0.3) is 0 Å². The van der Waals surface area contributed by atoms with Crippen LogP contribution >= 0.6 is 24.0 Å². The molecule has 0 atom stereocenters. The number of aryl methyl sites for hydroxylation is 1. The van der Waals surface area contributed by atoms with Crippen LogP contribution in [-0.4, -0.2) is 14.4 Å². The van der Waals surface area contributed by atoms with Crippen LogP contribution in [0.25, 0.3) is 0 Å². The standard InChI is InChI=1S/C18H24N4O2S.HI/c1-12(2)15-5-4-6-16(10-15)22-18(19)21-11-14-7-8-17(13(3)9-14)25(20,23)24;/h4-10,12H,11H2,1-3H3,(H3,19,21,22)(H2,20,23,24);1H. The summed E-state index contributed by atoms with van der Waals surface area (Å²) in [6.45, 7) is 6.30. The van der Waals surface area contributed by atoms with E-state index in [1.807, 2.05) is 18.2 Å². The van der Waals surface area contributed by atoms with Crippen LogP contribution in [0.2, 0.25) is 0 Å². The molecule has 0 bridgehead atoms. The van der Waals surface area contributed by atoms with E-state index < -0.39 is 10.0 Å². The van der Waals surface area contributed by atoms with Gasteiger partial charge in [0.15, 0.2) is 5.96 Å². The number of rotatable bonds is 5. The minimum Gasteiger partial charge on any atom is -0.370 e.